The number of carbonyl (C=O) groups is 3. The van der Waals surface area contributed by atoms with Gasteiger partial charge in [0.05, 0.1) is 7.11 Å². The Bertz CT molecular complexity index is 1230. The summed E-state index contributed by atoms with van der Waals surface area (Å²) in [5.41, 5.74) is 2.75. The lowest BCUT2D eigenvalue weighted by Crippen LogP contribution is -2.54. The molecule has 0 aliphatic heterocycles. The summed E-state index contributed by atoms with van der Waals surface area (Å²) in [4.78, 5) is 37.2. The van der Waals surface area contributed by atoms with Crippen molar-refractivity contribution < 1.29 is 28.6 Å². The molecule has 0 bridgehead atoms. The van der Waals surface area contributed by atoms with Crippen molar-refractivity contribution in [1.82, 2.24) is 10.6 Å². The van der Waals surface area contributed by atoms with E-state index in [9.17, 15) is 14.4 Å². The van der Waals surface area contributed by atoms with E-state index in [1.807, 2.05) is 80.6 Å². The highest BCUT2D eigenvalue weighted by molar-refractivity contribution is 5.90. The maximum Gasteiger partial charge on any atom is 0.328 e. The Morgan fingerprint density at radius 3 is 1.82 bits per heavy atom. The molecule has 3 aromatic carbocycles. The lowest BCUT2D eigenvalue weighted by atomic mass is 10.0. The molecule has 0 saturated carbocycles. The molecule has 8 heteroatoms. The zero-order chi connectivity index (χ0) is 28.2. The van der Waals surface area contributed by atoms with Crippen molar-refractivity contribution in [3.05, 3.63) is 95.6 Å². The average Bonchev–Trinajstić information content (AvgIpc) is 2.94. The molecule has 39 heavy (non-hydrogen) atoms. The molecular weight excluding hydrogens is 496 g/mol. The number of carbonyl (C=O) groups excluding carboxylic acids is 3. The van der Waals surface area contributed by atoms with Crippen molar-refractivity contribution in [2.75, 3.05) is 7.11 Å². The molecule has 0 aliphatic carbocycles. The Kier molecular flexibility index (Phi) is 10.9. The average molecular weight is 533 g/mol. The van der Waals surface area contributed by atoms with Crippen LogP contribution in [0.4, 0.5) is 0 Å². The van der Waals surface area contributed by atoms with Gasteiger partial charge in [0.1, 0.15) is 25.3 Å². The van der Waals surface area contributed by atoms with Crippen LogP contribution in [0.3, 0.4) is 0 Å². The fourth-order valence-electron chi connectivity index (χ4n) is 3.97. The number of esters is 1. The molecule has 0 saturated heterocycles. The number of methoxy groups -OCH3 is 1. The van der Waals surface area contributed by atoms with E-state index in [-0.39, 0.29) is 18.2 Å². The number of ether oxygens (including phenoxy) is 3. The van der Waals surface area contributed by atoms with E-state index in [0.29, 0.717) is 24.7 Å². The highest BCUT2D eigenvalue weighted by atomic mass is 16.5. The van der Waals surface area contributed by atoms with Crippen LogP contribution in [0.15, 0.2) is 78.9 Å². The first-order chi connectivity index (χ1) is 18.8. The monoisotopic (exact) mass is 532 g/mol. The topological polar surface area (TPSA) is 103 Å². The van der Waals surface area contributed by atoms with Crippen LogP contribution in [0.2, 0.25) is 0 Å². The molecule has 8 nitrogen and oxygen atoms in total. The smallest absolute Gasteiger partial charge is 0.328 e. The zero-order valence-corrected chi connectivity index (χ0v) is 22.8. The summed E-state index contributed by atoms with van der Waals surface area (Å²) >= 11 is 0. The molecular formula is C31H36N2O6. The minimum absolute atomic E-state index is 0.157. The fraction of sp³-hybridized carbons (Fsp3) is 0.323. The van der Waals surface area contributed by atoms with Gasteiger partial charge in [-0.3, -0.25) is 9.59 Å². The summed E-state index contributed by atoms with van der Waals surface area (Å²) in [6.45, 7) is 5.67. The van der Waals surface area contributed by atoms with Gasteiger partial charge in [-0.1, -0.05) is 80.6 Å². The third-order valence-electron chi connectivity index (χ3n) is 6.03. The number of nitrogens with one attached hydrogen (secondary N) is 2. The summed E-state index contributed by atoms with van der Waals surface area (Å²) in [5, 5.41) is 5.38. The van der Waals surface area contributed by atoms with E-state index in [0.717, 1.165) is 16.7 Å². The molecule has 0 aliphatic rings. The van der Waals surface area contributed by atoms with Crippen molar-refractivity contribution in [3.63, 3.8) is 0 Å². The van der Waals surface area contributed by atoms with Gasteiger partial charge < -0.3 is 24.8 Å². The van der Waals surface area contributed by atoms with E-state index >= 15 is 0 Å². The number of rotatable bonds is 13. The van der Waals surface area contributed by atoms with Gasteiger partial charge in [-0.05, 0) is 34.7 Å². The fourth-order valence-corrected chi connectivity index (χ4v) is 3.97. The van der Waals surface area contributed by atoms with Crippen LogP contribution >= 0.6 is 0 Å². The summed E-state index contributed by atoms with van der Waals surface area (Å²) < 4.78 is 17.2. The quantitative estimate of drug-likeness (QED) is 0.320. The van der Waals surface area contributed by atoms with Crippen LogP contribution in [0.5, 0.6) is 11.5 Å². The Morgan fingerprint density at radius 2 is 1.31 bits per heavy atom. The molecule has 2 amide bonds. The third kappa shape index (κ3) is 9.17. The molecule has 0 aromatic heterocycles. The van der Waals surface area contributed by atoms with Gasteiger partial charge in [0.25, 0.3) is 0 Å². The van der Waals surface area contributed by atoms with Gasteiger partial charge in [-0.25, -0.2) is 4.79 Å². The normalized spacial score (nSPS) is 12.2. The van der Waals surface area contributed by atoms with Gasteiger partial charge in [-0.15, -0.1) is 0 Å². The molecule has 206 valence electrons. The van der Waals surface area contributed by atoms with Gasteiger partial charge in [0.2, 0.25) is 11.8 Å². The Hall–Kier alpha value is -4.33. The van der Waals surface area contributed by atoms with Crippen LogP contribution in [-0.4, -0.2) is 37.0 Å². The van der Waals surface area contributed by atoms with Crippen molar-refractivity contribution >= 4 is 17.8 Å². The SMILES string of the molecule is COC(=O)[C@H](Cc1ccc(OCc2ccccc2)c(OCc2ccccc2)c1)NC(=O)[C@H](NC(C)=O)C(C)C. The lowest BCUT2D eigenvalue weighted by molar-refractivity contribution is -0.145. The second kappa shape index (κ2) is 14.6. The van der Waals surface area contributed by atoms with Gasteiger partial charge in [0.15, 0.2) is 11.5 Å². The third-order valence-corrected chi connectivity index (χ3v) is 6.03. The van der Waals surface area contributed by atoms with Crippen LogP contribution in [0, 0.1) is 5.92 Å². The maximum absolute atomic E-state index is 13.0. The van der Waals surface area contributed by atoms with Crippen molar-refractivity contribution in [1.29, 1.82) is 0 Å². The highest BCUT2D eigenvalue weighted by Gasteiger charge is 2.29. The summed E-state index contributed by atoms with van der Waals surface area (Å²) in [6.07, 6.45) is 0.157. The van der Waals surface area contributed by atoms with Crippen LogP contribution in [0.1, 0.15) is 37.5 Å². The summed E-state index contributed by atoms with van der Waals surface area (Å²) in [7, 11) is 1.27. The van der Waals surface area contributed by atoms with E-state index in [4.69, 9.17) is 14.2 Å². The molecule has 0 radical (unpaired) electrons. The minimum Gasteiger partial charge on any atom is -0.485 e. The predicted octanol–water partition coefficient (Wildman–Crippen LogP) is 4.21. The zero-order valence-electron chi connectivity index (χ0n) is 22.8. The molecule has 3 rings (SSSR count). The molecule has 0 heterocycles. The molecule has 2 atom stereocenters. The standard InChI is InChI=1S/C31H36N2O6/c1-21(2)29(32-22(3)34)30(35)33-26(31(36)37-4)17-25-15-16-27(38-19-23-11-7-5-8-12-23)28(18-25)39-20-24-13-9-6-10-14-24/h5-16,18,21,26,29H,17,19-20H2,1-4H3,(H,32,34)(H,33,35)/t26-,29+/m0/s1. The number of amides is 2. The van der Waals surface area contributed by atoms with E-state index in [1.165, 1.54) is 14.0 Å². The Balaban J connectivity index is 1.81. The minimum atomic E-state index is -0.962. The summed E-state index contributed by atoms with van der Waals surface area (Å²) in [6, 6.07) is 23.2. The first-order valence-corrected chi connectivity index (χ1v) is 12.9. The molecule has 2 N–H and O–H groups in total. The number of hydrogen-bond acceptors (Lipinski definition) is 6. The predicted molar refractivity (Wildman–Crippen MR) is 148 cm³/mol. The number of hydrogen-bond donors (Lipinski definition) is 2. The Morgan fingerprint density at radius 1 is 0.744 bits per heavy atom. The summed E-state index contributed by atoms with van der Waals surface area (Å²) in [5.74, 6) is -0.483. The van der Waals surface area contributed by atoms with Gasteiger partial charge >= 0.3 is 5.97 Å². The van der Waals surface area contributed by atoms with Crippen LogP contribution in [0.25, 0.3) is 0 Å². The molecule has 0 fully saturated rings. The second-order valence-electron chi connectivity index (χ2n) is 9.54. The highest BCUT2D eigenvalue weighted by Crippen LogP contribution is 2.31. The molecule has 3 aromatic rings. The Labute approximate surface area is 229 Å². The van der Waals surface area contributed by atoms with Crippen LogP contribution < -0.4 is 20.1 Å². The van der Waals surface area contributed by atoms with E-state index in [2.05, 4.69) is 10.6 Å². The van der Waals surface area contributed by atoms with Crippen LogP contribution in [-0.2, 0) is 38.8 Å². The first kappa shape index (κ1) is 29.2. The maximum atomic E-state index is 13.0. The van der Waals surface area contributed by atoms with E-state index in [1.54, 1.807) is 12.1 Å². The van der Waals surface area contributed by atoms with E-state index < -0.39 is 24.0 Å². The number of benzene rings is 3. The lowest BCUT2D eigenvalue weighted by Gasteiger charge is -2.24. The first-order valence-electron chi connectivity index (χ1n) is 12.9. The van der Waals surface area contributed by atoms with Crippen molar-refractivity contribution in [3.8, 4) is 11.5 Å². The largest absolute Gasteiger partial charge is 0.485 e. The van der Waals surface area contributed by atoms with Crippen molar-refractivity contribution in [2.24, 2.45) is 5.92 Å². The second-order valence-corrected chi connectivity index (χ2v) is 9.54. The molecule has 0 unspecified atom stereocenters. The van der Waals surface area contributed by atoms with Crippen molar-refractivity contribution in [2.45, 2.75) is 52.5 Å². The molecule has 0 spiro atoms. The van der Waals surface area contributed by atoms with Gasteiger partial charge in [0, 0.05) is 13.3 Å². The van der Waals surface area contributed by atoms with Gasteiger partial charge in [-0.2, -0.15) is 0 Å².